The second-order valence-electron chi connectivity index (χ2n) is 7.74. The number of thiazole rings is 1. The number of carboxylic acid groups (broad SMARTS) is 1. The monoisotopic (exact) mass is 403 g/mol. The molecule has 148 valence electrons. The van der Waals surface area contributed by atoms with Gasteiger partial charge in [-0.05, 0) is 6.92 Å². The molecule has 2 aliphatic rings. The summed E-state index contributed by atoms with van der Waals surface area (Å²) in [6.07, 6.45) is 2.46. The van der Waals surface area contributed by atoms with Gasteiger partial charge in [0.1, 0.15) is 22.5 Å². The second-order valence-corrected chi connectivity index (χ2v) is 8.77. The van der Waals surface area contributed by atoms with Crippen LogP contribution in [0.15, 0.2) is 18.2 Å². The predicted molar refractivity (Wildman–Crippen MR) is 102 cm³/mol. The van der Waals surface area contributed by atoms with Crippen LogP contribution in [-0.2, 0) is 9.59 Å². The fraction of sp³-hybridized carbons (Fsp3) is 0.474. The van der Waals surface area contributed by atoms with Gasteiger partial charge in [-0.3, -0.25) is 14.0 Å². The molecule has 0 aromatic carbocycles. The Balaban J connectivity index is 1.83. The van der Waals surface area contributed by atoms with Crippen LogP contribution >= 0.6 is 11.3 Å². The number of carbonyl (C=O) groups is 3. The third kappa shape index (κ3) is 2.39. The SMILES string of the molecule is CC(C)C(=O)c1ncn2cc(C3=C(C(=O)O)N4C(=O)[C@H]([C@@H](C)O)[C@H]4[C@H]3C)sc12. The van der Waals surface area contributed by atoms with Crippen molar-refractivity contribution in [3.8, 4) is 0 Å². The lowest BCUT2D eigenvalue weighted by molar-refractivity contribution is -0.163. The number of aliphatic hydroxyl groups excluding tert-OH is 1. The molecule has 1 fully saturated rings. The van der Waals surface area contributed by atoms with Gasteiger partial charge in [-0.2, -0.15) is 0 Å². The lowest BCUT2D eigenvalue weighted by Crippen LogP contribution is -2.63. The fourth-order valence-corrected chi connectivity index (χ4v) is 5.48. The molecule has 0 spiro atoms. The lowest BCUT2D eigenvalue weighted by atomic mass is 9.77. The maximum atomic E-state index is 12.5. The molecule has 4 atom stereocenters. The number of rotatable bonds is 5. The van der Waals surface area contributed by atoms with E-state index in [4.69, 9.17) is 0 Å². The first-order valence-electron chi connectivity index (χ1n) is 9.14. The van der Waals surface area contributed by atoms with Crippen LogP contribution in [0.2, 0.25) is 0 Å². The van der Waals surface area contributed by atoms with Crippen LogP contribution in [0.25, 0.3) is 10.4 Å². The number of imidazole rings is 1. The van der Waals surface area contributed by atoms with Gasteiger partial charge in [-0.1, -0.05) is 20.8 Å². The number of Topliss-reactive ketones (excluding diaryl/α,β-unsaturated/α-hetero) is 1. The molecule has 2 aromatic rings. The Kier molecular flexibility index (Phi) is 4.20. The van der Waals surface area contributed by atoms with E-state index in [0.29, 0.717) is 21.0 Å². The molecule has 2 N–H and O–H groups in total. The van der Waals surface area contributed by atoms with E-state index in [-0.39, 0.29) is 35.3 Å². The van der Waals surface area contributed by atoms with Gasteiger partial charge < -0.3 is 15.1 Å². The van der Waals surface area contributed by atoms with Crippen molar-refractivity contribution in [2.45, 2.75) is 39.8 Å². The second kappa shape index (κ2) is 6.25. The summed E-state index contributed by atoms with van der Waals surface area (Å²) in [4.78, 5) is 43.7. The molecule has 1 saturated heterocycles. The van der Waals surface area contributed by atoms with E-state index in [1.54, 1.807) is 37.7 Å². The number of aliphatic carboxylic acids is 1. The van der Waals surface area contributed by atoms with Gasteiger partial charge in [0.15, 0.2) is 5.78 Å². The highest BCUT2D eigenvalue weighted by atomic mass is 32.1. The average Bonchev–Trinajstić information content (AvgIpc) is 3.23. The molecule has 0 bridgehead atoms. The highest BCUT2D eigenvalue weighted by molar-refractivity contribution is 7.18. The minimum atomic E-state index is -1.17. The summed E-state index contributed by atoms with van der Waals surface area (Å²) in [7, 11) is 0. The van der Waals surface area contributed by atoms with Crippen LogP contribution in [-0.4, -0.2) is 54.3 Å². The van der Waals surface area contributed by atoms with Crippen molar-refractivity contribution in [2.24, 2.45) is 17.8 Å². The summed E-state index contributed by atoms with van der Waals surface area (Å²) >= 11 is 1.30. The number of amides is 1. The molecule has 4 heterocycles. The Morgan fingerprint density at radius 2 is 1.96 bits per heavy atom. The lowest BCUT2D eigenvalue weighted by Gasteiger charge is -2.46. The zero-order chi connectivity index (χ0) is 20.5. The summed E-state index contributed by atoms with van der Waals surface area (Å²) in [6.45, 7) is 7.03. The van der Waals surface area contributed by atoms with Crippen LogP contribution in [0.4, 0.5) is 0 Å². The number of carbonyl (C=O) groups excluding carboxylic acids is 2. The van der Waals surface area contributed by atoms with Crippen LogP contribution in [0.1, 0.15) is 43.1 Å². The van der Waals surface area contributed by atoms with Gasteiger partial charge in [0.2, 0.25) is 5.91 Å². The van der Waals surface area contributed by atoms with Crippen molar-refractivity contribution in [3.05, 3.63) is 28.8 Å². The molecule has 28 heavy (non-hydrogen) atoms. The molecule has 8 nitrogen and oxygen atoms in total. The van der Waals surface area contributed by atoms with Crippen LogP contribution in [0.5, 0.6) is 0 Å². The van der Waals surface area contributed by atoms with Gasteiger partial charge in [0.25, 0.3) is 0 Å². The van der Waals surface area contributed by atoms with E-state index in [1.807, 2.05) is 6.92 Å². The number of fused-ring (bicyclic) bond motifs is 2. The number of aromatic nitrogens is 2. The molecule has 0 aliphatic carbocycles. The van der Waals surface area contributed by atoms with Gasteiger partial charge in [-0.25, -0.2) is 9.78 Å². The Bertz CT molecular complexity index is 1050. The number of hydrogen-bond donors (Lipinski definition) is 2. The van der Waals surface area contributed by atoms with Crippen molar-refractivity contribution in [2.75, 3.05) is 0 Å². The van der Waals surface area contributed by atoms with Crippen molar-refractivity contribution in [3.63, 3.8) is 0 Å². The maximum absolute atomic E-state index is 12.5. The third-order valence-electron chi connectivity index (χ3n) is 5.61. The standard InChI is InChI=1S/C19H21N3O5S/c1-7(2)16(24)13-18-21(6-20-13)5-10(28-18)11-8(3)14-12(9(4)23)17(25)22(14)15(11)19(26)27/h5-9,12,14,23H,1-4H3,(H,26,27)/t8-,9+,12+,14+/m0/s1. The van der Waals surface area contributed by atoms with Gasteiger partial charge in [0.05, 0.1) is 22.9 Å². The smallest absolute Gasteiger partial charge is 0.352 e. The zero-order valence-corrected chi connectivity index (χ0v) is 16.7. The molecule has 0 unspecified atom stereocenters. The molecular weight excluding hydrogens is 382 g/mol. The summed E-state index contributed by atoms with van der Waals surface area (Å²) in [6, 6.07) is -0.370. The summed E-state index contributed by atoms with van der Waals surface area (Å²) in [5, 5.41) is 19.7. The first-order chi connectivity index (χ1) is 13.1. The van der Waals surface area contributed by atoms with Crippen molar-refractivity contribution in [1.82, 2.24) is 14.3 Å². The number of aliphatic hydroxyl groups is 1. The van der Waals surface area contributed by atoms with Gasteiger partial charge in [0, 0.05) is 23.6 Å². The molecule has 0 saturated carbocycles. The van der Waals surface area contributed by atoms with Crippen molar-refractivity contribution in [1.29, 1.82) is 0 Å². The molecule has 0 radical (unpaired) electrons. The first-order valence-corrected chi connectivity index (χ1v) is 9.96. The van der Waals surface area contributed by atoms with E-state index in [1.165, 1.54) is 16.2 Å². The minimum Gasteiger partial charge on any atom is -0.477 e. The maximum Gasteiger partial charge on any atom is 0.352 e. The largest absolute Gasteiger partial charge is 0.477 e. The highest BCUT2D eigenvalue weighted by Crippen LogP contribution is 2.51. The number of ketones is 1. The predicted octanol–water partition coefficient (Wildman–Crippen LogP) is 1.89. The Labute approximate surface area is 165 Å². The number of carboxylic acids is 1. The van der Waals surface area contributed by atoms with E-state index in [2.05, 4.69) is 4.98 Å². The van der Waals surface area contributed by atoms with Crippen LogP contribution in [0.3, 0.4) is 0 Å². The average molecular weight is 403 g/mol. The molecule has 2 aromatic heterocycles. The van der Waals surface area contributed by atoms with E-state index in [0.717, 1.165) is 0 Å². The number of β-lactam (4-membered cyclic amide) rings is 1. The Morgan fingerprint density at radius 1 is 1.29 bits per heavy atom. The quantitative estimate of drug-likeness (QED) is 0.582. The molecule has 9 heteroatoms. The minimum absolute atomic E-state index is 0.0337. The molecular formula is C19H21N3O5S. The Morgan fingerprint density at radius 3 is 2.54 bits per heavy atom. The number of nitrogens with zero attached hydrogens (tertiary/aromatic N) is 3. The first kappa shape index (κ1) is 18.8. The van der Waals surface area contributed by atoms with Crippen LogP contribution < -0.4 is 0 Å². The van der Waals surface area contributed by atoms with Crippen molar-refractivity contribution >= 4 is 39.4 Å². The van der Waals surface area contributed by atoms with E-state index < -0.39 is 18.0 Å². The normalized spacial score (nSPS) is 25.4. The molecule has 2 aliphatic heterocycles. The van der Waals surface area contributed by atoms with Gasteiger partial charge in [-0.15, -0.1) is 11.3 Å². The van der Waals surface area contributed by atoms with E-state index in [9.17, 15) is 24.6 Å². The summed E-state index contributed by atoms with van der Waals surface area (Å²) in [5.41, 5.74) is 0.898. The Hall–Kier alpha value is -2.52. The zero-order valence-electron chi connectivity index (χ0n) is 15.9. The van der Waals surface area contributed by atoms with E-state index >= 15 is 0 Å². The van der Waals surface area contributed by atoms with Crippen molar-refractivity contribution < 1.29 is 24.6 Å². The summed E-state index contributed by atoms with van der Waals surface area (Å²) < 4.78 is 1.72. The molecule has 4 rings (SSSR count). The summed E-state index contributed by atoms with van der Waals surface area (Å²) in [5.74, 6) is -2.65. The third-order valence-corrected chi connectivity index (χ3v) is 6.75. The van der Waals surface area contributed by atoms with Gasteiger partial charge >= 0.3 is 5.97 Å². The highest BCUT2D eigenvalue weighted by Gasteiger charge is 2.60. The number of hydrogen-bond acceptors (Lipinski definition) is 6. The molecule has 1 amide bonds. The topological polar surface area (TPSA) is 112 Å². The van der Waals surface area contributed by atoms with Crippen LogP contribution in [0, 0.1) is 17.8 Å². The fourth-order valence-electron chi connectivity index (χ4n) is 4.26.